The normalized spacial score (nSPS) is 11.7. The van der Waals surface area contributed by atoms with Gasteiger partial charge in [-0.05, 0) is 24.3 Å². The first-order valence-corrected chi connectivity index (χ1v) is 9.95. The number of benzene rings is 1. The van der Waals surface area contributed by atoms with Crippen LogP contribution in [0.15, 0.2) is 50.5 Å². The highest BCUT2D eigenvalue weighted by molar-refractivity contribution is 7.91. The number of sulfone groups is 1. The summed E-state index contributed by atoms with van der Waals surface area (Å²) in [6.45, 7) is -3.08. The number of ether oxygens (including phenoxy) is 1. The number of carboxylic acids is 1. The topological polar surface area (TPSA) is 123 Å². The van der Waals surface area contributed by atoms with Crippen LogP contribution in [0.1, 0.15) is 10.4 Å². The van der Waals surface area contributed by atoms with Gasteiger partial charge < -0.3 is 19.6 Å². The molecule has 0 spiro atoms. The Morgan fingerprint density at radius 1 is 1.29 bits per heavy atom. The van der Waals surface area contributed by atoms with Crippen molar-refractivity contribution < 1.29 is 36.3 Å². The largest absolute Gasteiger partial charge is 0.477 e. The van der Waals surface area contributed by atoms with Crippen LogP contribution in [-0.2, 0) is 9.84 Å². The third-order valence-corrected chi connectivity index (χ3v) is 6.00. The van der Waals surface area contributed by atoms with Gasteiger partial charge in [0.25, 0.3) is 0 Å². The molecule has 2 aromatic heterocycles. The molecule has 0 fully saturated rings. The van der Waals surface area contributed by atoms with Crippen molar-refractivity contribution >= 4 is 42.4 Å². The van der Waals surface area contributed by atoms with E-state index in [0.717, 1.165) is 23.5 Å². The van der Waals surface area contributed by atoms with Crippen molar-refractivity contribution in [1.82, 2.24) is 0 Å². The SMILES string of the molecule is O=C(O)c1cc2sc(NCS(=O)(=O)c3cccc(OC(F)F)c3)cc2oc1=O. The number of thiophene rings is 1. The van der Waals surface area contributed by atoms with Crippen LogP contribution in [0.2, 0.25) is 0 Å². The van der Waals surface area contributed by atoms with Gasteiger partial charge in [-0.15, -0.1) is 11.3 Å². The van der Waals surface area contributed by atoms with Gasteiger partial charge in [0.15, 0.2) is 15.4 Å². The molecule has 0 aliphatic carbocycles. The first kappa shape index (κ1) is 19.8. The van der Waals surface area contributed by atoms with Crippen molar-refractivity contribution in [2.45, 2.75) is 11.5 Å². The van der Waals surface area contributed by atoms with Gasteiger partial charge in [0.1, 0.15) is 17.2 Å². The Labute approximate surface area is 159 Å². The Kier molecular flexibility index (Phi) is 5.34. The van der Waals surface area contributed by atoms with E-state index in [1.54, 1.807) is 0 Å². The Morgan fingerprint density at radius 3 is 2.71 bits per heavy atom. The molecule has 28 heavy (non-hydrogen) atoms. The first-order valence-electron chi connectivity index (χ1n) is 7.48. The molecule has 0 aliphatic heterocycles. The Bertz CT molecular complexity index is 1200. The molecule has 0 amide bonds. The lowest BCUT2D eigenvalue weighted by Gasteiger charge is -2.08. The van der Waals surface area contributed by atoms with Crippen LogP contribution in [0.3, 0.4) is 0 Å². The number of anilines is 1. The summed E-state index contributed by atoms with van der Waals surface area (Å²) in [5.41, 5.74) is -1.45. The second-order valence-electron chi connectivity index (χ2n) is 5.38. The van der Waals surface area contributed by atoms with Crippen molar-refractivity contribution in [2.24, 2.45) is 0 Å². The fraction of sp³-hybridized carbons (Fsp3) is 0.125. The van der Waals surface area contributed by atoms with E-state index in [-0.39, 0.29) is 16.2 Å². The van der Waals surface area contributed by atoms with E-state index in [0.29, 0.717) is 9.70 Å². The number of nitrogens with one attached hydrogen (secondary N) is 1. The molecule has 0 saturated heterocycles. The number of carboxylic acid groups (broad SMARTS) is 1. The van der Waals surface area contributed by atoms with Gasteiger partial charge in [0, 0.05) is 6.07 Å². The van der Waals surface area contributed by atoms with Crippen LogP contribution < -0.4 is 15.7 Å². The number of carbonyl (C=O) groups is 1. The molecule has 0 aliphatic rings. The quantitative estimate of drug-likeness (QED) is 0.585. The molecule has 3 rings (SSSR count). The summed E-state index contributed by atoms with van der Waals surface area (Å²) in [4.78, 5) is 22.3. The van der Waals surface area contributed by atoms with Crippen LogP contribution in [0.25, 0.3) is 10.3 Å². The summed E-state index contributed by atoms with van der Waals surface area (Å²) >= 11 is 0.990. The number of fused-ring (bicyclic) bond motifs is 1. The zero-order chi connectivity index (χ0) is 20.5. The van der Waals surface area contributed by atoms with Crippen LogP contribution in [0.4, 0.5) is 13.8 Å². The van der Waals surface area contributed by atoms with E-state index in [1.807, 2.05) is 0 Å². The maximum absolute atomic E-state index is 12.4. The maximum atomic E-state index is 12.4. The Hall–Kier alpha value is -2.99. The predicted molar refractivity (Wildman–Crippen MR) is 96.1 cm³/mol. The second-order valence-corrected chi connectivity index (χ2v) is 8.45. The standard InChI is InChI=1S/C16H11F2NO7S2/c17-16(18)25-8-2-1-3-9(4-8)28(23,24)7-19-13-6-11-12(27-13)5-10(14(20)21)15(22)26-11/h1-6,16,19H,7H2,(H,20,21). The van der Waals surface area contributed by atoms with Crippen LogP contribution in [0.5, 0.6) is 5.75 Å². The number of hydrogen-bond donors (Lipinski definition) is 2. The maximum Gasteiger partial charge on any atom is 0.387 e. The fourth-order valence-electron chi connectivity index (χ4n) is 2.24. The van der Waals surface area contributed by atoms with E-state index >= 15 is 0 Å². The minimum Gasteiger partial charge on any atom is -0.477 e. The van der Waals surface area contributed by atoms with Crippen molar-refractivity contribution in [3.63, 3.8) is 0 Å². The first-order chi connectivity index (χ1) is 13.2. The van der Waals surface area contributed by atoms with E-state index in [2.05, 4.69) is 10.1 Å². The highest BCUT2D eigenvalue weighted by Crippen LogP contribution is 2.30. The third-order valence-electron chi connectivity index (χ3n) is 3.48. The lowest BCUT2D eigenvalue weighted by Crippen LogP contribution is -2.14. The molecule has 0 saturated carbocycles. The molecule has 1 aromatic carbocycles. The van der Waals surface area contributed by atoms with Crippen molar-refractivity contribution in [1.29, 1.82) is 0 Å². The summed E-state index contributed by atoms with van der Waals surface area (Å²) in [6.07, 6.45) is 0. The van der Waals surface area contributed by atoms with Gasteiger partial charge in [-0.3, -0.25) is 0 Å². The zero-order valence-corrected chi connectivity index (χ0v) is 15.4. The monoisotopic (exact) mass is 431 g/mol. The molecule has 0 unspecified atom stereocenters. The molecular weight excluding hydrogens is 420 g/mol. The average molecular weight is 431 g/mol. The Morgan fingerprint density at radius 2 is 2.04 bits per heavy atom. The number of alkyl halides is 2. The van der Waals surface area contributed by atoms with E-state index in [1.165, 1.54) is 24.3 Å². The smallest absolute Gasteiger partial charge is 0.387 e. The highest BCUT2D eigenvalue weighted by Gasteiger charge is 2.18. The predicted octanol–water partition coefficient (Wildman–Crippen LogP) is 3.00. The number of hydrogen-bond acceptors (Lipinski definition) is 8. The average Bonchev–Trinajstić information content (AvgIpc) is 3.00. The fourth-order valence-corrected chi connectivity index (χ4v) is 4.35. The molecule has 12 heteroatoms. The third kappa shape index (κ3) is 4.28. The minimum atomic E-state index is -3.90. The summed E-state index contributed by atoms with van der Waals surface area (Å²) in [5, 5.41) is 11.9. The summed E-state index contributed by atoms with van der Waals surface area (Å²) < 4.78 is 58.8. The molecule has 0 atom stereocenters. The van der Waals surface area contributed by atoms with Crippen LogP contribution in [0, 0.1) is 0 Å². The van der Waals surface area contributed by atoms with E-state index < -0.39 is 39.5 Å². The van der Waals surface area contributed by atoms with E-state index in [9.17, 15) is 26.8 Å². The van der Waals surface area contributed by atoms with Gasteiger partial charge in [0.05, 0.1) is 14.6 Å². The van der Waals surface area contributed by atoms with Gasteiger partial charge in [-0.1, -0.05) is 6.07 Å². The number of aromatic carboxylic acids is 1. The number of halogens is 2. The lowest BCUT2D eigenvalue weighted by molar-refractivity contribution is -0.0500. The summed E-state index contributed by atoms with van der Waals surface area (Å²) in [5.74, 6) is -2.30. The zero-order valence-electron chi connectivity index (χ0n) is 13.7. The van der Waals surface area contributed by atoms with Crippen molar-refractivity contribution in [3.8, 4) is 5.75 Å². The summed E-state index contributed by atoms with van der Waals surface area (Å²) in [6, 6.07) is 7.18. The minimum absolute atomic E-state index is 0.104. The summed E-state index contributed by atoms with van der Waals surface area (Å²) in [7, 11) is -3.90. The number of rotatable bonds is 7. The molecule has 0 bridgehead atoms. The molecule has 8 nitrogen and oxygen atoms in total. The van der Waals surface area contributed by atoms with Crippen LogP contribution in [-0.4, -0.2) is 32.0 Å². The van der Waals surface area contributed by atoms with Gasteiger partial charge >= 0.3 is 18.2 Å². The van der Waals surface area contributed by atoms with Crippen molar-refractivity contribution in [2.75, 3.05) is 11.2 Å². The van der Waals surface area contributed by atoms with Gasteiger partial charge in [-0.25, -0.2) is 18.0 Å². The van der Waals surface area contributed by atoms with Gasteiger partial charge in [-0.2, -0.15) is 8.78 Å². The molecule has 3 aromatic rings. The Balaban J connectivity index is 1.81. The lowest BCUT2D eigenvalue weighted by atomic mass is 10.3. The molecule has 0 radical (unpaired) electrons. The van der Waals surface area contributed by atoms with Crippen LogP contribution >= 0.6 is 11.3 Å². The van der Waals surface area contributed by atoms with E-state index in [4.69, 9.17) is 9.52 Å². The molecule has 2 heterocycles. The highest BCUT2D eigenvalue weighted by atomic mass is 32.2. The molecule has 148 valence electrons. The second kappa shape index (κ2) is 7.56. The van der Waals surface area contributed by atoms with Crippen molar-refractivity contribution in [3.05, 3.63) is 52.4 Å². The molecule has 2 N–H and O–H groups in total. The van der Waals surface area contributed by atoms with Gasteiger partial charge in [0.2, 0.25) is 0 Å². The molecular formula is C16H11F2NO7S2.